The van der Waals surface area contributed by atoms with Crippen LogP contribution in [0.5, 0.6) is 0 Å². The van der Waals surface area contributed by atoms with Crippen molar-refractivity contribution in [3.05, 3.63) is 0 Å². The van der Waals surface area contributed by atoms with Crippen molar-refractivity contribution in [3.8, 4) is 0 Å². The van der Waals surface area contributed by atoms with E-state index < -0.39 is 5.60 Å². The van der Waals surface area contributed by atoms with Crippen molar-refractivity contribution in [2.75, 3.05) is 13.2 Å². The van der Waals surface area contributed by atoms with Crippen LogP contribution in [-0.2, 0) is 4.84 Å². The number of β-amino-alcohol motifs (C(OH)–C–C–N with tert-alkyl or cyclic N) is 1. The molecule has 3 heteroatoms. The lowest BCUT2D eigenvalue weighted by molar-refractivity contribution is 0.0195. The third kappa shape index (κ3) is 0.992. The Hall–Kier alpha value is -0.120. The van der Waals surface area contributed by atoms with Gasteiger partial charge in [-0.15, -0.1) is 0 Å². The molecule has 1 heterocycles. The monoisotopic (exact) mass is 117 g/mol. The van der Waals surface area contributed by atoms with Gasteiger partial charge in [0.05, 0.1) is 13.2 Å². The van der Waals surface area contributed by atoms with Gasteiger partial charge in [-0.3, -0.25) is 4.84 Å². The van der Waals surface area contributed by atoms with Crippen LogP contribution >= 0.6 is 0 Å². The standard InChI is InChI=1S/C5H11NO2/c1-2-5(7)3-6-8-4-5/h6-7H,2-4H2,1H3. The Kier molecular flexibility index (Phi) is 1.51. The van der Waals surface area contributed by atoms with E-state index in [-0.39, 0.29) is 0 Å². The second-order valence-electron chi connectivity index (χ2n) is 2.19. The van der Waals surface area contributed by atoms with E-state index in [2.05, 4.69) is 5.48 Å². The first-order valence-corrected chi connectivity index (χ1v) is 2.84. The molecule has 1 saturated heterocycles. The molecule has 0 amide bonds. The topological polar surface area (TPSA) is 41.5 Å². The van der Waals surface area contributed by atoms with Crippen LogP contribution in [0.3, 0.4) is 0 Å². The minimum absolute atomic E-state index is 0.420. The van der Waals surface area contributed by atoms with Gasteiger partial charge in [-0.05, 0) is 6.42 Å². The van der Waals surface area contributed by atoms with Gasteiger partial charge in [0.15, 0.2) is 0 Å². The number of hydrogen-bond donors (Lipinski definition) is 2. The third-order valence-electron chi connectivity index (χ3n) is 1.50. The van der Waals surface area contributed by atoms with Gasteiger partial charge in [-0.2, -0.15) is 5.48 Å². The molecule has 1 unspecified atom stereocenters. The minimum atomic E-state index is -0.597. The maximum Gasteiger partial charge on any atom is 0.104 e. The molecule has 0 aliphatic carbocycles. The van der Waals surface area contributed by atoms with Gasteiger partial charge in [0.25, 0.3) is 0 Å². The van der Waals surface area contributed by atoms with Crippen molar-refractivity contribution in [1.29, 1.82) is 0 Å². The molecule has 0 radical (unpaired) electrons. The Balaban J connectivity index is 2.40. The second-order valence-corrected chi connectivity index (χ2v) is 2.19. The van der Waals surface area contributed by atoms with E-state index in [1.165, 1.54) is 0 Å². The first-order chi connectivity index (χ1) is 3.77. The Morgan fingerprint density at radius 2 is 2.62 bits per heavy atom. The molecule has 1 atom stereocenters. The quantitative estimate of drug-likeness (QED) is 0.494. The van der Waals surface area contributed by atoms with E-state index in [0.717, 1.165) is 6.42 Å². The van der Waals surface area contributed by atoms with E-state index in [1.807, 2.05) is 6.92 Å². The van der Waals surface area contributed by atoms with Crippen LogP contribution in [0.2, 0.25) is 0 Å². The fourth-order valence-corrected chi connectivity index (χ4v) is 0.649. The number of hydrogen-bond acceptors (Lipinski definition) is 3. The Morgan fingerprint density at radius 3 is 2.88 bits per heavy atom. The highest BCUT2D eigenvalue weighted by Gasteiger charge is 2.29. The molecule has 0 spiro atoms. The third-order valence-corrected chi connectivity index (χ3v) is 1.50. The van der Waals surface area contributed by atoms with Crippen LogP contribution in [0.4, 0.5) is 0 Å². The summed E-state index contributed by atoms with van der Waals surface area (Å²) in [7, 11) is 0. The molecular weight excluding hydrogens is 106 g/mol. The van der Waals surface area contributed by atoms with Crippen LogP contribution in [0.1, 0.15) is 13.3 Å². The van der Waals surface area contributed by atoms with Gasteiger partial charge in [0.1, 0.15) is 5.60 Å². The molecule has 3 nitrogen and oxygen atoms in total. The maximum atomic E-state index is 9.31. The lowest BCUT2D eigenvalue weighted by Crippen LogP contribution is -2.32. The molecule has 8 heavy (non-hydrogen) atoms. The summed E-state index contributed by atoms with van der Waals surface area (Å²) in [5, 5.41) is 9.31. The molecule has 0 aromatic carbocycles. The fraction of sp³-hybridized carbons (Fsp3) is 1.00. The number of aliphatic hydroxyl groups is 1. The zero-order valence-corrected chi connectivity index (χ0v) is 4.98. The SMILES string of the molecule is CCC1(O)CNOC1. The normalized spacial score (nSPS) is 38.2. The zero-order chi connectivity index (χ0) is 6.04. The zero-order valence-electron chi connectivity index (χ0n) is 4.98. The van der Waals surface area contributed by atoms with E-state index in [1.54, 1.807) is 0 Å². The summed E-state index contributed by atoms with van der Waals surface area (Å²) in [5.74, 6) is 0. The molecule has 0 bridgehead atoms. The van der Waals surface area contributed by atoms with Gasteiger partial charge in [0, 0.05) is 0 Å². The summed E-state index contributed by atoms with van der Waals surface area (Å²) in [6.07, 6.45) is 0.750. The first-order valence-electron chi connectivity index (χ1n) is 2.84. The van der Waals surface area contributed by atoms with E-state index in [4.69, 9.17) is 4.84 Å². The lowest BCUT2D eigenvalue weighted by Gasteiger charge is -2.14. The average Bonchev–Trinajstić information content (AvgIpc) is 2.17. The van der Waals surface area contributed by atoms with Gasteiger partial charge < -0.3 is 5.11 Å². The van der Waals surface area contributed by atoms with Crippen LogP contribution in [0.15, 0.2) is 0 Å². The van der Waals surface area contributed by atoms with E-state index >= 15 is 0 Å². The van der Waals surface area contributed by atoms with Gasteiger partial charge in [-0.1, -0.05) is 6.92 Å². The smallest absolute Gasteiger partial charge is 0.104 e. The Morgan fingerprint density at radius 1 is 1.88 bits per heavy atom. The summed E-state index contributed by atoms with van der Waals surface area (Å²) in [6, 6.07) is 0. The molecule has 0 aromatic rings. The highest BCUT2D eigenvalue weighted by molar-refractivity contribution is 4.80. The molecule has 1 aliphatic rings. The molecule has 1 fully saturated rings. The van der Waals surface area contributed by atoms with Crippen molar-refractivity contribution >= 4 is 0 Å². The van der Waals surface area contributed by atoms with Crippen molar-refractivity contribution in [2.24, 2.45) is 0 Å². The van der Waals surface area contributed by atoms with E-state index in [9.17, 15) is 5.11 Å². The highest BCUT2D eigenvalue weighted by atomic mass is 16.7. The molecule has 1 rings (SSSR count). The minimum Gasteiger partial charge on any atom is -0.386 e. The first kappa shape index (κ1) is 6.01. The number of nitrogens with one attached hydrogen (secondary N) is 1. The van der Waals surface area contributed by atoms with Gasteiger partial charge in [0.2, 0.25) is 0 Å². The van der Waals surface area contributed by atoms with Gasteiger partial charge in [-0.25, -0.2) is 0 Å². The molecule has 1 aliphatic heterocycles. The second kappa shape index (κ2) is 2.01. The summed E-state index contributed by atoms with van der Waals surface area (Å²) < 4.78 is 0. The molecule has 0 aromatic heterocycles. The predicted octanol–water partition coefficient (Wildman–Crippen LogP) is -0.338. The fourth-order valence-electron chi connectivity index (χ4n) is 0.649. The summed E-state index contributed by atoms with van der Waals surface area (Å²) in [6.45, 7) is 2.92. The Bertz CT molecular complexity index is 78.5. The van der Waals surface area contributed by atoms with Crippen molar-refractivity contribution in [2.45, 2.75) is 18.9 Å². The van der Waals surface area contributed by atoms with Gasteiger partial charge >= 0.3 is 0 Å². The predicted molar refractivity (Wildman–Crippen MR) is 29.2 cm³/mol. The maximum absolute atomic E-state index is 9.31. The summed E-state index contributed by atoms with van der Waals surface area (Å²) >= 11 is 0. The average molecular weight is 117 g/mol. The summed E-state index contributed by atoms with van der Waals surface area (Å²) in [4.78, 5) is 4.75. The van der Waals surface area contributed by atoms with E-state index in [0.29, 0.717) is 13.2 Å². The summed E-state index contributed by atoms with van der Waals surface area (Å²) in [5.41, 5.74) is 2.02. The van der Waals surface area contributed by atoms with Crippen LogP contribution in [-0.4, -0.2) is 23.9 Å². The number of hydroxylamine groups is 1. The Labute approximate surface area is 48.6 Å². The van der Waals surface area contributed by atoms with Crippen LogP contribution in [0, 0.1) is 0 Å². The van der Waals surface area contributed by atoms with Crippen molar-refractivity contribution in [1.82, 2.24) is 5.48 Å². The number of rotatable bonds is 1. The van der Waals surface area contributed by atoms with Crippen LogP contribution in [0.25, 0.3) is 0 Å². The molecule has 2 N–H and O–H groups in total. The molecular formula is C5H11NO2. The van der Waals surface area contributed by atoms with Crippen LogP contribution < -0.4 is 5.48 Å². The highest BCUT2D eigenvalue weighted by Crippen LogP contribution is 2.12. The van der Waals surface area contributed by atoms with Crippen molar-refractivity contribution in [3.63, 3.8) is 0 Å². The molecule has 0 saturated carbocycles. The largest absolute Gasteiger partial charge is 0.386 e. The van der Waals surface area contributed by atoms with Crippen molar-refractivity contribution < 1.29 is 9.94 Å². The molecule has 48 valence electrons. The lowest BCUT2D eigenvalue weighted by atomic mass is 10.0.